The van der Waals surface area contributed by atoms with E-state index in [1.165, 1.54) is 24.3 Å². The van der Waals surface area contributed by atoms with Gasteiger partial charge in [0.05, 0.1) is 28.0 Å². The highest BCUT2D eigenvalue weighted by Gasteiger charge is 2.61. The van der Waals surface area contributed by atoms with E-state index in [0.717, 1.165) is 30.2 Å². The SMILES string of the molecule is O=C(COC(=O)c1ccccc1N1C(=O)[C@@H]2[C@@H]3CC[C@@H](C3)[C@@H]2C1=O)c1ccc(Cl)c([N+](=O)[O-])c1. The number of hydrogen-bond donors (Lipinski definition) is 0. The number of nitro groups is 1. The molecule has 3 aliphatic rings. The van der Waals surface area contributed by atoms with Gasteiger partial charge < -0.3 is 4.74 Å². The fraction of sp³-hybridized carbons (Fsp3) is 0.333. The Morgan fingerprint density at radius 2 is 1.71 bits per heavy atom. The second kappa shape index (κ2) is 8.32. The molecule has 5 rings (SSSR count). The van der Waals surface area contributed by atoms with Gasteiger partial charge in [-0.1, -0.05) is 23.7 Å². The number of hydrogen-bond acceptors (Lipinski definition) is 7. The first-order valence-electron chi connectivity index (χ1n) is 10.9. The van der Waals surface area contributed by atoms with Gasteiger partial charge in [-0.15, -0.1) is 0 Å². The van der Waals surface area contributed by atoms with Gasteiger partial charge in [-0.05, 0) is 55.4 Å². The average Bonchev–Trinajstić information content (AvgIpc) is 3.51. The number of anilines is 1. The number of benzene rings is 2. The number of halogens is 1. The summed E-state index contributed by atoms with van der Waals surface area (Å²) in [5.41, 5.74) is -0.336. The molecule has 1 saturated heterocycles. The predicted octanol–water partition coefficient (Wildman–Crippen LogP) is 3.82. The molecule has 2 aromatic rings. The van der Waals surface area contributed by atoms with Crippen molar-refractivity contribution in [3.8, 4) is 0 Å². The molecule has 0 radical (unpaired) electrons. The molecule has 3 fully saturated rings. The first-order valence-corrected chi connectivity index (χ1v) is 11.3. The zero-order valence-corrected chi connectivity index (χ0v) is 18.6. The number of ether oxygens (including phenoxy) is 1. The third-order valence-electron chi connectivity index (χ3n) is 7.09. The normalized spacial score (nSPS) is 24.9. The zero-order valence-electron chi connectivity index (χ0n) is 17.8. The molecular formula is C24H19ClN2O7. The minimum absolute atomic E-state index is 0.00796. The van der Waals surface area contributed by atoms with E-state index in [0.29, 0.717) is 0 Å². The Labute approximate surface area is 198 Å². The molecule has 2 bridgehead atoms. The number of nitrogens with zero attached hydrogens (tertiary/aromatic N) is 2. The summed E-state index contributed by atoms with van der Waals surface area (Å²) in [5, 5.41) is 10.9. The molecule has 2 aromatic carbocycles. The first kappa shape index (κ1) is 22.2. The fourth-order valence-corrected chi connectivity index (χ4v) is 5.79. The van der Waals surface area contributed by atoms with E-state index in [-0.39, 0.29) is 57.3 Å². The highest BCUT2D eigenvalue weighted by molar-refractivity contribution is 6.32. The third-order valence-corrected chi connectivity index (χ3v) is 7.41. The van der Waals surface area contributed by atoms with Gasteiger partial charge in [0, 0.05) is 11.6 Å². The third kappa shape index (κ3) is 3.47. The average molecular weight is 483 g/mol. The van der Waals surface area contributed by atoms with E-state index >= 15 is 0 Å². The Balaban J connectivity index is 1.34. The van der Waals surface area contributed by atoms with Gasteiger partial charge in [0.25, 0.3) is 5.69 Å². The van der Waals surface area contributed by atoms with Gasteiger partial charge in [0.15, 0.2) is 6.61 Å². The van der Waals surface area contributed by atoms with Crippen LogP contribution in [0.4, 0.5) is 11.4 Å². The van der Waals surface area contributed by atoms with Gasteiger partial charge in [-0.25, -0.2) is 9.69 Å². The van der Waals surface area contributed by atoms with Crippen LogP contribution in [-0.2, 0) is 14.3 Å². The van der Waals surface area contributed by atoms with Gasteiger partial charge in [0.1, 0.15) is 5.02 Å². The number of imide groups is 1. The summed E-state index contributed by atoms with van der Waals surface area (Å²) in [4.78, 5) is 63.0. The molecule has 10 heteroatoms. The lowest BCUT2D eigenvalue weighted by atomic mass is 9.81. The van der Waals surface area contributed by atoms with Crippen LogP contribution < -0.4 is 4.90 Å². The number of para-hydroxylation sites is 1. The standard InChI is InChI=1S/C24H19ClN2O7/c25-16-8-7-12(10-18(16)27(32)33)19(28)11-34-24(31)15-3-1-2-4-17(15)26-22(29)20-13-5-6-14(9-13)21(20)23(26)30/h1-4,7-8,10,13-14,20-21H,5-6,9,11H2/t13-,14+,20-,21+. The molecule has 2 saturated carbocycles. The molecular weight excluding hydrogens is 464 g/mol. The number of ketones is 1. The van der Waals surface area contributed by atoms with Crippen LogP contribution in [0.5, 0.6) is 0 Å². The van der Waals surface area contributed by atoms with Crippen LogP contribution in [-0.4, -0.2) is 35.1 Å². The van der Waals surface area contributed by atoms with E-state index in [4.69, 9.17) is 16.3 Å². The second-order valence-corrected chi connectivity index (χ2v) is 9.24. The predicted molar refractivity (Wildman–Crippen MR) is 119 cm³/mol. The van der Waals surface area contributed by atoms with E-state index in [2.05, 4.69) is 0 Å². The van der Waals surface area contributed by atoms with Crippen LogP contribution in [0.3, 0.4) is 0 Å². The molecule has 1 aliphatic heterocycles. The number of carbonyl (C=O) groups is 4. The second-order valence-electron chi connectivity index (χ2n) is 8.84. The Morgan fingerprint density at radius 1 is 1.06 bits per heavy atom. The van der Waals surface area contributed by atoms with Crippen molar-refractivity contribution >= 4 is 46.5 Å². The van der Waals surface area contributed by atoms with Gasteiger partial charge in [-0.2, -0.15) is 0 Å². The summed E-state index contributed by atoms with van der Waals surface area (Å²) in [6.45, 7) is -0.677. The van der Waals surface area contributed by atoms with Gasteiger partial charge in [0.2, 0.25) is 17.6 Å². The highest BCUT2D eigenvalue weighted by Crippen LogP contribution is 2.56. The molecule has 9 nitrogen and oxygen atoms in total. The van der Waals surface area contributed by atoms with E-state index in [1.54, 1.807) is 12.1 Å². The Morgan fingerprint density at radius 3 is 2.35 bits per heavy atom. The molecule has 1 heterocycles. The van der Waals surface area contributed by atoms with E-state index < -0.39 is 29.0 Å². The Bertz CT molecular complexity index is 1230. The first-order chi connectivity index (χ1) is 16.3. The molecule has 0 spiro atoms. The van der Waals surface area contributed by atoms with Gasteiger partial charge >= 0.3 is 5.97 Å². The maximum absolute atomic E-state index is 13.2. The molecule has 2 amide bonds. The van der Waals surface area contributed by atoms with Crippen LogP contribution in [0, 0.1) is 33.8 Å². The van der Waals surface area contributed by atoms with Crippen molar-refractivity contribution in [3.63, 3.8) is 0 Å². The number of esters is 1. The number of rotatable bonds is 6. The topological polar surface area (TPSA) is 124 Å². The smallest absolute Gasteiger partial charge is 0.340 e. The lowest BCUT2D eigenvalue weighted by Gasteiger charge is -2.19. The van der Waals surface area contributed by atoms with E-state index in [1.807, 2.05) is 0 Å². The monoisotopic (exact) mass is 482 g/mol. The number of Topliss-reactive ketones (excluding diaryl/α,β-unsaturated/α-hetero) is 1. The maximum atomic E-state index is 13.2. The molecule has 34 heavy (non-hydrogen) atoms. The largest absolute Gasteiger partial charge is 0.454 e. The highest BCUT2D eigenvalue weighted by atomic mass is 35.5. The molecule has 0 unspecified atom stereocenters. The van der Waals surface area contributed by atoms with Crippen molar-refractivity contribution in [2.45, 2.75) is 19.3 Å². The van der Waals surface area contributed by atoms with Crippen molar-refractivity contribution in [2.75, 3.05) is 11.5 Å². The summed E-state index contributed by atoms with van der Waals surface area (Å²) < 4.78 is 5.15. The lowest BCUT2D eigenvalue weighted by molar-refractivity contribution is -0.384. The van der Waals surface area contributed by atoms with Crippen molar-refractivity contribution < 1.29 is 28.8 Å². The number of amides is 2. The summed E-state index contributed by atoms with van der Waals surface area (Å²) in [6, 6.07) is 9.67. The minimum Gasteiger partial charge on any atom is -0.454 e. The van der Waals surface area contributed by atoms with Crippen molar-refractivity contribution in [3.05, 3.63) is 68.7 Å². The quantitative estimate of drug-likeness (QED) is 0.201. The van der Waals surface area contributed by atoms with Gasteiger partial charge in [-0.3, -0.25) is 24.5 Å². The van der Waals surface area contributed by atoms with Crippen LogP contribution in [0.25, 0.3) is 0 Å². The molecule has 174 valence electrons. The van der Waals surface area contributed by atoms with Crippen LogP contribution in [0.15, 0.2) is 42.5 Å². The van der Waals surface area contributed by atoms with Crippen molar-refractivity contribution in [2.24, 2.45) is 23.7 Å². The van der Waals surface area contributed by atoms with Crippen LogP contribution >= 0.6 is 11.6 Å². The van der Waals surface area contributed by atoms with Crippen molar-refractivity contribution in [1.29, 1.82) is 0 Å². The number of nitro benzene ring substituents is 1. The summed E-state index contributed by atoms with van der Waals surface area (Å²) in [7, 11) is 0. The number of fused-ring (bicyclic) bond motifs is 5. The summed E-state index contributed by atoms with van der Waals surface area (Å²) in [5.74, 6) is -2.37. The molecule has 0 N–H and O–H groups in total. The summed E-state index contributed by atoms with van der Waals surface area (Å²) >= 11 is 5.77. The summed E-state index contributed by atoms with van der Waals surface area (Å²) in [6.07, 6.45) is 2.77. The van der Waals surface area contributed by atoms with E-state index in [9.17, 15) is 29.3 Å². The molecule has 0 aromatic heterocycles. The van der Waals surface area contributed by atoms with Crippen LogP contribution in [0.1, 0.15) is 40.0 Å². The lowest BCUT2D eigenvalue weighted by Crippen LogP contribution is -2.34. The molecule has 2 aliphatic carbocycles. The number of carbonyl (C=O) groups excluding carboxylic acids is 4. The van der Waals surface area contributed by atoms with Crippen LogP contribution in [0.2, 0.25) is 5.02 Å². The zero-order chi connectivity index (χ0) is 24.1. The maximum Gasteiger partial charge on any atom is 0.340 e. The van der Waals surface area contributed by atoms with Crippen molar-refractivity contribution in [1.82, 2.24) is 0 Å². The minimum atomic E-state index is -0.881. The molecule has 4 atom stereocenters. The Hall–Kier alpha value is -3.59. The fourth-order valence-electron chi connectivity index (χ4n) is 5.61. The Kier molecular flexibility index (Phi) is 5.44.